The van der Waals surface area contributed by atoms with Gasteiger partial charge in [0.25, 0.3) is 0 Å². The molecule has 0 aliphatic carbocycles. The van der Waals surface area contributed by atoms with Crippen LogP contribution in [0.1, 0.15) is 19.4 Å². The van der Waals surface area contributed by atoms with E-state index in [0.29, 0.717) is 4.83 Å². The van der Waals surface area contributed by atoms with Crippen molar-refractivity contribution in [3.8, 4) is 5.75 Å². The molecule has 0 fully saturated rings. The van der Waals surface area contributed by atoms with Crippen LogP contribution in [0.25, 0.3) is 0 Å². The lowest BCUT2D eigenvalue weighted by molar-refractivity contribution is 0.340. The first-order valence-electron chi connectivity index (χ1n) is 4.58. The lowest BCUT2D eigenvalue weighted by Crippen LogP contribution is -1.96. The van der Waals surface area contributed by atoms with Gasteiger partial charge in [0.2, 0.25) is 0 Å². The first-order chi connectivity index (χ1) is 6.22. The lowest BCUT2D eigenvalue weighted by atomic mass is 10.1. The van der Waals surface area contributed by atoms with Crippen LogP contribution >= 0.6 is 15.9 Å². The van der Waals surface area contributed by atoms with Crippen LogP contribution in [0, 0.1) is 0 Å². The lowest BCUT2D eigenvalue weighted by Gasteiger charge is -2.05. The molecule has 0 spiro atoms. The van der Waals surface area contributed by atoms with E-state index in [2.05, 4.69) is 35.0 Å². The molecule has 0 amide bonds. The van der Waals surface area contributed by atoms with Gasteiger partial charge in [-0.15, -0.1) is 0 Å². The Bertz CT molecular complexity index is 241. The number of hydrogen-bond donors (Lipinski definition) is 0. The molecular formula is C11H15BrO. The molecule has 0 N–H and O–H groups in total. The molecule has 0 radical (unpaired) electrons. The van der Waals surface area contributed by atoms with Crippen molar-refractivity contribution in [3.63, 3.8) is 0 Å². The van der Waals surface area contributed by atoms with E-state index < -0.39 is 0 Å². The van der Waals surface area contributed by atoms with Crippen molar-refractivity contribution >= 4 is 15.9 Å². The zero-order valence-corrected chi connectivity index (χ0v) is 9.67. The number of rotatable bonds is 4. The van der Waals surface area contributed by atoms with Crippen LogP contribution in [0.4, 0.5) is 0 Å². The number of alkyl halides is 1. The van der Waals surface area contributed by atoms with E-state index in [4.69, 9.17) is 4.74 Å². The molecule has 13 heavy (non-hydrogen) atoms. The van der Waals surface area contributed by atoms with Crippen molar-refractivity contribution < 1.29 is 4.74 Å². The molecule has 1 aromatic carbocycles. The van der Waals surface area contributed by atoms with Gasteiger partial charge in [-0.1, -0.05) is 35.0 Å². The molecule has 0 bridgehead atoms. The first-order valence-corrected chi connectivity index (χ1v) is 5.49. The van der Waals surface area contributed by atoms with E-state index in [1.807, 2.05) is 19.1 Å². The Kier molecular flexibility index (Phi) is 4.29. The van der Waals surface area contributed by atoms with E-state index >= 15 is 0 Å². The molecule has 2 heteroatoms. The van der Waals surface area contributed by atoms with Gasteiger partial charge < -0.3 is 4.74 Å². The second-order valence-electron chi connectivity index (χ2n) is 3.06. The maximum absolute atomic E-state index is 5.35. The van der Waals surface area contributed by atoms with Crippen LogP contribution in [0.5, 0.6) is 5.75 Å². The summed E-state index contributed by atoms with van der Waals surface area (Å²) in [5.41, 5.74) is 1.34. The SMILES string of the molecule is CCOc1ccc(CC(C)Br)cc1. The molecule has 1 nitrogen and oxygen atoms in total. The van der Waals surface area contributed by atoms with E-state index in [1.54, 1.807) is 0 Å². The van der Waals surface area contributed by atoms with Gasteiger partial charge in [0.15, 0.2) is 0 Å². The second-order valence-corrected chi connectivity index (χ2v) is 4.63. The third-order valence-corrected chi connectivity index (χ3v) is 2.08. The smallest absolute Gasteiger partial charge is 0.119 e. The van der Waals surface area contributed by atoms with E-state index in [1.165, 1.54) is 5.56 Å². The third-order valence-electron chi connectivity index (χ3n) is 1.75. The Balaban J connectivity index is 2.59. The predicted molar refractivity (Wildman–Crippen MR) is 59.7 cm³/mol. The molecule has 0 aliphatic heterocycles. The summed E-state index contributed by atoms with van der Waals surface area (Å²) in [6.07, 6.45) is 1.06. The molecule has 1 aromatic rings. The van der Waals surface area contributed by atoms with Crippen LogP contribution in [-0.4, -0.2) is 11.4 Å². The molecule has 1 rings (SSSR count). The van der Waals surface area contributed by atoms with E-state index in [-0.39, 0.29) is 0 Å². The van der Waals surface area contributed by atoms with Gasteiger partial charge in [-0.2, -0.15) is 0 Å². The minimum Gasteiger partial charge on any atom is -0.494 e. The maximum Gasteiger partial charge on any atom is 0.119 e. The molecule has 0 aromatic heterocycles. The quantitative estimate of drug-likeness (QED) is 0.736. The third kappa shape index (κ3) is 3.81. The normalized spacial score (nSPS) is 12.5. The average Bonchev–Trinajstić information content (AvgIpc) is 2.08. The predicted octanol–water partition coefficient (Wildman–Crippen LogP) is 3.41. The molecule has 72 valence electrons. The summed E-state index contributed by atoms with van der Waals surface area (Å²) in [5.74, 6) is 0.952. The molecule has 0 saturated heterocycles. The first kappa shape index (κ1) is 10.6. The fraction of sp³-hybridized carbons (Fsp3) is 0.455. The summed E-state index contributed by atoms with van der Waals surface area (Å²) in [6.45, 7) is 4.87. The Hall–Kier alpha value is -0.500. The maximum atomic E-state index is 5.35. The number of hydrogen-bond acceptors (Lipinski definition) is 1. The molecular weight excluding hydrogens is 228 g/mol. The number of benzene rings is 1. The van der Waals surface area contributed by atoms with Crippen LogP contribution in [0.15, 0.2) is 24.3 Å². The van der Waals surface area contributed by atoms with Crippen LogP contribution in [0.3, 0.4) is 0 Å². The van der Waals surface area contributed by atoms with Crippen LogP contribution in [0.2, 0.25) is 0 Å². The number of ether oxygens (including phenoxy) is 1. The fourth-order valence-electron chi connectivity index (χ4n) is 1.21. The Morgan fingerprint density at radius 2 is 1.92 bits per heavy atom. The molecule has 1 unspecified atom stereocenters. The van der Waals surface area contributed by atoms with Crippen molar-refractivity contribution in [2.24, 2.45) is 0 Å². The molecule has 0 aliphatic rings. The number of halogens is 1. The molecule has 0 saturated carbocycles. The summed E-state index contributed by atoms with van der Waals surface area (Å²) in [6, 6.07) is 8.27. The van der Waals surface area contributed by atoms with Gasteiger partial charge >= 0.3 is 0 Å². The zero-order valence-electron chi connectivity index (χ0n) is 8.09. The van der Waals surface area contributed by atoms with Crippen molar-refractivity contribution in [1.29, 1.82) is 0 Å². The second kappa shape index (κ2) is 5.28. The van der Waals surface area contributed by atoms with Gasteiger partial charge in [-0.3, -0.25) is 0 Å². The Morgan fingerprint density at radius 3 is 2.38 bits per heavy atom. The largest absolute Gasteiger partial charge is 0.494 e. The van der Waals surface area contributed by atoms with Crippen molar-refractivity contribution in [2.75, 3.05) is 6.61 Å². The monoisotopic (exact) mass is 242 g/mol. The minimum atomic E-state index is 0.533. The van der Waals surface area contributed by atoms with Gasteiger partial charge in [0.05, 0.1) is 6.61 Å². The summed E-state index contributed by atoms with van der Waals surface area (Å²) in [7, 11) is 0. The van der Waals surface area contributed by atoms with Crippen LogP contribution in [-0.2, 0) is 6.42 Å². The minimum absolute atomic E-state index is 0.533. The summed E-state index contributed by atoms with van der Waals surface area (Å²) in [4.78, 5) is 0.533. The highest BCUT2D eigenvalue weighted by atomic mass is 79.9. The van der Waals surface area contributed by atoms with E-state index in [0.717, 1.165) is 18.8 Å². The highest BCUT2D eigenvalue weighted by molar-refractivity contribution is 9.09. The van der Waals surface area contributed by atoms with Crippen LogP contribution < -0.4 is 4.74 Å². The summed E-state index contributed by atoms with van der Waals surface area (Å²) < 4.78 is 5.35. The van der Waals surface area contributed by atoms with Gasteiger partial charge in [0, 0.05) is 4.83 Å². The van der Waals surface area contributed by atoms with E-state index in [9.17, 15) is 0 Å². The Labute approximate surface area is 88.2 Å². The summed E-state index contributed by atoms with van der Waals surface area (Å²) in [5, 5.41) is 0. The zero-order chi connectivity index (χ0) is 9.68. The topological polar surface area (TPSA) is 9.23 Å². The highest BCUT2D eigenvalue weighted by Crippen LogP contribution is 2.15. The highest BCUT2D eigenvalue weighted by Gasteiger charge is 1.98. The van der Waals surface area contributed by atoms with Gasteiger partial charge in [-0.05, 0) is 31.0 Å². The summed E-state index contributed by atoms with van der Waals surface area (Å²) >= 11 is 3.53. The average molecular weight is 243 g/mol. The standard InChI is InChI=1S/C11H15BrO/c1-3-13-11-6-4-10(5-7-11)8-9(2)12/h4-7,9H,3,8H2,1-2H3. The molecule has 1 atom stereocenters. The Morgan fingerprint density at radius 1 is 1.31 bits per heavy atom. The molecule has 0 heterocycles. The van der Waals surface area contributed by atoms with Gasteiger partial charge in [0.1, 0.15) is 5.75 Å². The van der Waals surface area contributed by atoms with Crippen molar-refractivity contribution in [1.82, 2.24) is 0 Å². The van der Waals surface area contributed by atoms with Crippen molar-refractivity contribution in [3.05, 3.63) is 29.8 Å². The fourth-order valence-corrected chi connectivity index (χ4v) is 1.59. The van der Waals surface area contributed by atoms with Gasteiger partial charge in [-0.25, -0.2) is 0 Å². The van der Waals surface area contributed by atoms with Crippen molar-refractivity contribution in [2.45, 2.75) is 25.1 Å².